The monoisotopic (exact) mass is 406 g/mol. The van der Waals surface area contributed by atoms with Crippen LogP contribution in [0, 0.1) is 12.7 Å². The van der Waals surface area contributed by atoms with E-state index < -0.39 is 0 Å². The molecule has 0 aliphatic heterocycles. The van der Waals surface area contributed by atoms with Crippen LogP contribution in [-0.2, 0) is 0 Å². The van der Waals surface area contributed by atoms with E-state index in [1.165, 1.54) is 28.2 Å². The Morgan fingerprint density at radius 3 is 2.66 bits per heavy atom. The molecule has 146 valence electrons. The number of hydrogen-bond donors (Lipinski definition) is 0. The number of amides is 1. The lowest BCUT2D eigenvalue weighted by molar-refractivity contribution is 0.0978. The number of halogens is 1. The summed E-state index contributed by atoms with van der Waals surface area (Å²) in [5, 5.41) is 6.37. The third-order valence-corrected chi connectivity index (χ3v) is 5.33. The van der Waals surface area contributed by atoms with Gasteiger partial charge in [0.2, 0.25) is 5.82 Å². The van der Waals surface area contributed by atoms with Gasteiger partial charge < -0.3 is 4.90 Å². The molecule has 4 aromatic rings. The standard InChI is InChI=1S/C22H19FN4OS/c1-3-26(17-9-4-7-15(2)13-17)22(28)20-24-21(19-11-6-12-29-19)27(25-20)18-10-5-8-16(23)14-18/h4-14H,3H2,1-2H3. The fourth-order valence-corrected chi connectivity index (χ4v) is 3.81. The van der Waals surface area contributed by atoms with E-state index >= 15 is 0 Å². The van der Waals surface area contributed by atoms with Crippen molar-refractivity contribution in [2.75, 3.05) is 11.4 Å². The predicted molar refractivity (Wildman–Crippen MR) is 113 cm³/mol. The fourth-order valence-electron chi connectivity index (χ4n) is 3.12. The van der Waals surface area contributed by atoms with Crippen LogP contribution in [0.2, 0.25) is 0 Å². The Morgan fingerprint density at radius 2 is 1.97 bits per heavy atom. The molecular weight excluding hydrogens is 387 g/mol. The van der Waals surface area contributed by atoms with Gasteiger partial charge in [0.1, 0.15) is 5.82 Å². The van der Waals surface area contributed by atoms with Crippen molar-refractivity contribution in [3.05, 3.63) is 83.2 Å². The number of carbonyl (C=O) groups is 1. The summed E-state index contributed by atoms with van der Waals surface area (Å²) in [4.78, 5) is 20.2. The average molecular weight is 406 g/mol. The van der Waals surface area contributed by atoms with Crippen LogP contribution in [0.3, 0.4) is 0 Å². The molecule has 0 saturated heterocycles. The van der Waals surface area contributed by atoms with E-state index in [9.17, 15) is 9.18 Å². The van der Waals surface area contributed by atoms with Crippen molar-refractivity contribution in [1.82, 2.24) is 14.8 Å². The molecule has 0 N–H and O–H groups in total. The van der Waals surface area contributed by atoms with E-state index in [4.69, 9.17) is 0 Å². The van der Waals surface area contributed by atoms with Gasteiger partial charge in [-0.3, -0.25) is 4.79 Å². The molecule has 7 heteroatoms. The Bertz CT molecular complexity index is 1150. The first-order chi connectivity index (χ1) is 14.1. The Morgan fingerprint density at radius 1 is 1.14 bits per heavy atom. The summed E-state index contributed by atoms with van der Waals surface area (Å²) in [5.41, 5.74) is 2.36. The quantitative estimate of drug-likeness (QED) is 0.463. The molecule has 2 heterocycles. The smallest absolute Gasteiger partial charge is 0.297 e. The minimum Gasteiger partial charge on any atom is -0.306 e. The van der Waals surface area contributed by atoms with Crippen molar-refractivity contribution >= 4 is 22.9 Å². The predicted octanol–water partition coefficient (Wildman–Crippen LogP) is 5.11. The molecule has 0 fully saturated rings. The highest BCUT2D eigenvalue weighted by Gasteiger charge is 2.24. The number of anilines is 1. The maximum absolute atomic E-state index is 13.8. The van der Waals surface area contributed by atoms with Gasteiger partial charge in [0.15, 0.2) is 5.82 Å². The van der Waals surface area contributed by atoms with Crippen LogP contribution in [0.4, 0.5) is 10.1 Å². The number of aromatic nitrogens is 3. The van der Waals surface area contributed by atoms with Crippen LogP contribution in [0.25, 0.3) is 16.4 Å². The second-order valence-electron chi connectivity index (χ2n) is 6.52. The Balaban J connectivity index is 1.80. The summed E-state index contributed by atoms with van der Waals surface area (Å²) in [6, 6.07) is 17.6. The molecule has 0 unspecified atom stereocenters. The zero-order chi connectivity index (χ0) is 20.4. The average Bonchev–Trinajstić information content (AvgIpc) is 3.38. The largest absolute Gasteiger partial charge is 0.306 e. The molecule has 1 amide bonds. The van der Waals surface area contributed by atoms with Crippen LogP contribution in [-0.4, -0.2) is 27.2 Å². The Kier molecular flexibility index (Phi) is 5.22. The second kappa shape index (κ2) is 7.97. The third-order valence-electron chi connectivity index (χ3n) is 4.47. The molecule has 4 rings (SSSR count). The summed E-state index contributed by atoms with van der Waals surface area (Å²) in [6.45, 7) is 4.36. The van der Waals surface area contributed by atoms with E-state index in [0.29, 0.717) is 18.1 Å². The third kappa shape index (κ3) is 3.82. The first kappa shape index (κ1) is 19.0. The van der Waals surface area contributed by atoms with Crippen LogP contribution in [0.5, 0.6) is 0 Å². The molecule has 0 saturated carbocycles. The highest BCUT2D eigenvalue weighted by Crippen LogP contribution is 2.27. The van der Waals surface area contributed by atoms with Crippen molar-refractivity contribution in [2.24, 2.45) is 0 Å². The first-order valence-corrected chi connectivity index (χ1v) is 10.1. The summed E-state index contributed by atoms with van der Waals surface area (Å²) in [5.74, 6) is -0.0979. The zero-order valence-corrected chi connectivity index (χ0v) is 16.9. The highest BCUT2D eigenvalue weighted by molar-refractivity contribution is 7.13. The molecule has 0 spiro atoms. The number of nitrogens with zero attached hydrogens (tertiary/aromatic N) is 4. The Hall–Kier alpha value is -3.32. The SMILES string of the molecule is CCN(C(=O)c1nc(-c2cccs2)n(-c2cccc(F)c2)n1)c1cccc(C)c1. The van der Waals surface area contributed by atoms with Crippen LogP contribution in [0.15, 0.2) is 66.0 Å². The van der Waals surface area contributed by atoms with Crippen molar-refractivity contribution in [1.29, 1.82) is 0 Å². The number of aryl methyl sites for hydroxylation is 1. The molecule has 2 aromatic heterocycles. The minimum atomic E-state index is -0.377. The molecule has 0 atom stereocenters. The van der Waals surface area contributed by atoms with Crippen LogP contribution < -0.4 is 4.90 Å². The molecule has 5 nitrogen and oxygen atoms in total. The van der Waals surface area contributed by atoms with Crippen LogP contribution >= 0.6 is 11.3 Å². The molecule has 0 bridgehead atoms. The van der Waals surface area contributed by atoms with Gasteiger partial charge in [-0.15, -0.1) is 16.4 Å². The van der Waals surface area contributed by atoms with E-state index in [1.807, 2.05) is 55.6 Å². The van der Waals surface area contributed by atoms with Crippen molar-refractivity contribution in [3.63, 3.8) is 0 Å². The minimum absolute atomic E-state index is 0.0704. The van der Waals surface area contributed by atoms with Gasteiger partial charge in [0, 0.05) is 12.2 Å². The molecule has 0 aliphatic carbocycles. The number of thiophene rings is 1. The number of benzene rings is 2. The number of hydrogen-bond acceptors (Lipinski definition) is 4. The fraction of sp³-hybridized carbons (Fsp3) is 0.136. The first-order valence-electron chi connectivity index (χ1n) is 9.22. The maximum atomic E-state index is 13.8. The lowest BCUT2D eigenvalue weighted by Gasteiger charge is -2.19. The molecule has 29 heavy (non-hydrogen) atoms. The van der Waals surface area contributed by atoms with Gasteiger partial charge in [0.25, 0.3) is 5.91 Å². The van der Waals surface area contributed by atoms with Gasteiger partial charge in [-0.05, 0) is 61.2 Å². The summed E-state index contributed by atoms with van der Waals surface area (Å²) < 4.78 is 15.3. The summed E-state index contributed by atoms with van der Waals surface area (Å²) in [6.07, 6.45) is 0. The molecule has 2 aromatic carbocycles. The van der Waals surface area contributed by atoms with Gasteiger partial charge in [0.05, 0.1) is 10.6 Å². The summed E-state index contributed by atoms with van der Waals surface area (Å²) >= 11 is 1.48. The normalized spacial score (nSPS) is 10.9. The van der Waals surface area contributed by atoms with Gasteiger partial charge in [-0.2, -0.15) is 0 Å². The lowest BCUT2D eigenvalue weighted by Crippen LogP contribution is -2.31. The summed E-state index contributed by atoms with van der Waals surface area (Å²) in [7, 11) is 0. The van der Waals surface area contributed by atoms with Crippen LogP contribution in [0.1, 0.15) is 23.1 Å². The van der Waals surface area contributed by atoms with Gasteiger partial charge in [-0.1, -0.05) is 24.3 Å². The molecular formula is C22H19FN4OS. The Labute approximate surface area is 172 Å². The molecule has 0 aliphatic rings. The highest BCUT2D eigenvalue weighted by atomic mass is 32.1. The lowest BCUT2D eigenvalue weighted by atomic mass is 10.2. The van der Waals surface area contributed by atoms with Crippen molar-refractivity contribution in [3.8, 4) is 16.4 Å². The van der Waals surface area contributed by atoms with Crippen molar-refractivity contribution in [2.45, 2.75) is 13.8 Å². The number of carbonyl (C=O) groups excluding carboxylic acids is 1. The second-order valence-corrected chi connectivity index (χ2v) is 7.46. The van der Waals surface area contributed by atoms with Crippen molar-refractivity contribution < 1.29 is 9.18 Å². The van der Waals surface area contributed by atoms with E-state index in [0.717, 1.165) is 16.1 Å². The van der Waals surface area contributed by atoms with E-state index in [2.05, 4.69) is 10.1 Å². The number of rotatable bonds is 5. The van der Waals surface area contributed by atoms with E-state index in [-0.39, 0.29) is 17.5 Å². The van der Waals surface area contributed by atoms with Gasteiger partial charge in [-0.25, -0.2) is 14.1 Å². The van der Waals surface area contributed by atoms with E-state index in [1.54, 1.807) is 17.0 Å². The zero-order valence-electron chi connectivity index (χ0n) is 16.0. The topological polar surface area (TPSA) is 51.0 Å². The van der Waals surface area contributed by atoms with Gasteiger partial charge >= 0.3 is 0 Å². The molecule has 0 radical (unpaired) electrons. The maximum Gasteiger partial charge on any atom is 0.297 e.